The van der Waals surface area contributed by atoms with Gasteiger partial charge in [0.05, 0.1) is 0 Å². The largest absolute Gasteiger partial charge is 0.396 e. The van der Waals surface area contributed by atoms with Gasteiger partial charge < -0.3 is 21.1 Å². The Balaban J connectivity index is 2.03. The van der Waals surface area contributed by atoms with Crippen molar-refractivity contribution in [2.24, 2.45) is 5.73 Å². The van der Waals surface area contributed by atoms with E-state index in [1.807, 2.05) is 0 Å². The fourth-order valence-corrected chi connectivity index (χ4v) is 3.88. The Morgan fingerprint density at radius 1 is 1.39 bits per heavy atom. The second-order valence-electron chi connectivity index (χ2n) is 6.20. The molecule has 0 spiro atoms. The molecular weight excluding hydrogens is 226 g/mol. The second kappa shape index (κ2) is 5.87. The first-order valence-corrected chi connectivity index (χ1v) is 7.44. The minimum atomic E-state index is 0.105. The van der Waals surface area contributed by atoms with E-state index in [1.165, 1.54) is 25.7 Å². The fraction of sp³-hybridized carbons (Fsp3) is 1.00. The van der Waals surface area contributed by atoms with Crippen LogP contribution in [0.2, 0.25) is 0 Å². The highest BCUT2D eigenvalue weighted by atomic mass is 16.3. The molecule has 0 radical (unpaired) electrons. The van der Waals surface area contributed by atoms with E-state index < -0.39 is 0 Å². The van der Waals surface area contributed by atoms with Crippen LogP contribution in [0.5, 0.6) is 0 Å². The van der Waals surface area contributed by atoms with Crippen molar-refractivity contribution in [1.82, 2.24) is 10.2 Å². The number of aliphatic hydroxyl groups excluding tert-OH is 1. The van der Waals surface area contributed by atoms with Crippen LogP contribution in [-0.4, -0.2) is 53.9 Å². The van der Waals surface area contributed by atoms with E-state index in [1.54, 1.807) is 0 Å². The summed E-state index contributed by atoms with van der Waals surface area (Å²) in [7, 11) is 2.26. The second-order valence-corrected chi connectivity index (χ2v) is 6.20. The Labute approximate surface area is 111 Å². The molecule has 2 aliphatic rings. The Morgan fingerprint density at radius 3 is 2.44 bits per heavy atom. The van der Waals surface area contributed by atoms with Gasteiger partial charge in [-0.1, -0.05) is 6.92 Å². The van der Waals surface area contributed by atoms with E-state index in [9.17, 15) is 0 Å². The number of nitrogens with zero attached hydrogens (tertiary/aromatic N) is 1. The number of hydrogen-bond donors (Lipinski definition) is 3. The number of piperidine rings is 1. The van der Waals surface area contributed by atoms with E-state index in [0.29, 0.717) is 18.1 Å². The van der Waals surface area contributed by atoms with Crippen molar-refractivity contribution < 1.29 is 5.11 Å². The molecule has 0 saturated carbocycles. The summed E-state index contributed by atoms with van der Waals surface area (Å²) in [5, 5.41) is 12.9. The number of nitrogens with one attached hydrogen (secondary N) is 1. The zero-order valence-corrected chi connectivity index (χ0v) is 11.9. The van der Waals surface area contributed by atoms with Gasteiger partial charge in [-0.05, 0) is 45.6 Å². The molecule has 18 heavy (non-hydrogen) atoms. The number of fused-ring (bicyclic) bond motifs is 2. The lowest BCUT2D eigenvalue weighted by Gasteiger charge is -2.47. The molecule has 3 unspecified atom stereocenters. The highest BCUT2D eigenvalue weighted by Crippen LogP contribution is 2.39. The van der Waals surface area contributed by atoms with Gasteiger partial charge in [-0.3, -0.25) is 0 Å². The monoisotopic (exact) mass is 255 g/mol. The highest BCUT2D eigenvalue weighted by Gasteiger charge is 2.46. The van der Waals surface area contributed by atoms with Crippen LogP contribution in [0.3, 0.4) is 0 Å². The van der Waals surface area contributed by atoms with Gasteiger partial charge in [-0.15, -0.1) is 0 Å². The molecule has 0 aromatic rings. The number of aliphatic hydroxyl groups is 1. The maximum Gasteiger partial charge on any atom is 0.0445 e. The Morgan fingerprint density at radius 2 is 2.00 bits per heavy atom. The van der Waals surface area contributed by atoms with Crippen molar-refractivity contribution in [3.8, 4) is 0 Å². The smallest absolute Gasteiger partial charge is 0.0445 e. The predicted octanol–water partition coefficient (Wildman–Crippen LogP) is 0.691. The number of rotatable bonds is 6. The van der Waals surface area contributed by atoms with Crippen molar-refractivity contribution in [3.05, 3.63) is 0 Å². The van der Waals surface area contributed by atoms with Crippen molar-refractivity contribution >= 4 is 0 Å². The molecule has 0 aromatic heterocycles. The first-order chi connectivity index (χ1) is 8.64. The quantitative estimate of drug-likeness (QED) is 0.653. The molecule has 4 nitrogen and oxygen atoms in total. The van der Waals surface area contributed by atoms with E-state index in [-0.39, 0.29) is 12.1 Å². The zero-order chi connectivity index (χ0) is 13.2. The third kappa shape index (κ3) is 2.72. The Bertz CT molecular complexity index is 258. The molecular formula is C14H29N3O. The average molecular weight is 255 g/mol. The summed E-state index contributed by atoms with van der Waals surface area (Å²) < 4.78 is 0. The van der Waals surface area contributed by atoms with Crippen LogP contribution in [0.1, 0.15) is 45.4 Å². The molecule has 4 heteroatoms. The molecule has 2 heterocycles. The first kappa shape index (κ1) is 14.3. The highest BCUT2D eigenvalue weighted by molar-refractivity contribution is 5.06. The predicted molar refractivity (Wildman–Crippen MR) is 74.5 cm³/mol. The van der Waals surface area contributed by atoms with E-state index >= 15 is 0 Å². The SMILES string of the molecule is CCC(CCO)NC1(CN)CC2CCC(C1)N2C. The molecule has 2 rings (SSSR count). The molecule has 106 valence electrons. The van der Waals surface area contributed by atoms with Crippen molar-refractivity contribution in [2.45, 2.75) is 69.1 Å². The molecule has 3 atom stereocenters. The molecule has 0 aliphatic carbocycles. The Hall–Kier alpha value is -0.160. The minimum absolute atomic E-state index is 0.105. The topological polar surface area (TPSA) is 61.5 Å². The lowest BCUT2D eigenvalue weighted by molar-refractivity contribution is 0.0824. The molecule has 0 amide bonds. The molecule has 2 fully saturated rings. The van der Waals surface area contributed by atoms with Gasteiger partial charge in [0.25, 0.3) is 0 Å². The van der Waals surface area contributed by atoms with Gasteiger partial charge in [0.15, 0.2) is 0 Å². The summed E-state index contributed by atoms with van der Waals surface area (Å²) in [4.78, 5) is 2.54. The molecule has 2 saturated heterocycles. The Kier molecular flexibility index (Phi) is 4.64. The summed E-state index contributed by atoms with van der Waals surface area (Å²) in [5.74, 6) is 0. The van der Waals surface area contributed by atoms with E-state index in [2.05, 4.69) is 24.2 Å². The summed E-state index contributed by atoms with van der Waals surface area (Å²) in [6.07, 6.45) is 6.87. The average Bonchev–Trinajstić information content (AvgIpc) is 2.62. The van der Waals surface area contributed by atoms with Crippen LogP contribution in [0.25, 0.3) is 0 Å². The number of nitrogens with two attached hydrogens (primary N) is 1. The maximum atomic E-state index is 9.13. The van der Waals surface area contributed by atoms with Gasteiger partial charge in [0.1, 0.15) is 0 Å². The van der Waals surface area contributed by atoms with E-state index in [0.717, 1.165) is 19.4 Å². The van der Waals surface area contributed by atoms with Crippen LogP contribution >= 0.6 is 0 Å². The van der Waals surface area contributed by atoms with Crippen molar-refractivity contribution in [3.63, 3.8) is 0 Å². The summed E-state index contributed by atoms with van der Waals surface area (Å²) in [5.41, 5.74) is 6.20. The molecule has 2 aliphatic heterocycles. The van der Waals surface area contributed by atoms with Gasteiger partial charge in [0, 0.05) is 36.8 Å². The number of hydrogen-bond acceptors (Lipinski definition) is 4. The molecule has 4 N–H and O–H groups in total. The van der Waals surface area contributed by atoms with Crippen LogP contribution in [0, 0.1) is 0 Å². The van der Waals surface area contributed by atoms with Gasteiger partial charge in [0.2, 0.25) is 0 Å². The lowest BCUT2D eigenvalue weighted by Crippen LogP contribution is -2.62. The van der Waals surface area contributed by atoms with Gasteiger partial charge in [-0.2, -0.15) is 0 Å². The lowest BCUT2D eigenvalue weighted by atomic mass is 9.82. The summed E-state index contributed by atoms with van der Waals surface area (Å²) in [6, 6.07) is 1.80. The summed E-state index contributed by atoms with van der Waals surface area (Å²) >= 11 is 0. The maximum absolute atomic E-state index is 9.13. The van der Waals surface area contributed by atoms with Crippen LogP contribution in [0.15, 0.2) is 0 Å². The zero-order valence-electron chi connectivity index (χ0n) is 11.9. The van der Waals surface area contributed by atoms with Crippen LogP contribution in [0.4, 0.5) is 0 Å². The van der Waals surface area contributed by atoms with Crippen molar-refractivity contribution in [2.75, 3.05) is 20.2 Å². The van der Waals surface area contributed by atoms with Crippen molar-refractivity contribution in [1.29, 1.82) is 0 Å². The summed E-state index contributed by atoms with van der Waals surface area (Å²) in [6.45, 7) is 3.16. The molecule has 0 aromatic carbocycles. The standard InChI is InChI=1S/C14H29N3O/c1-3-11(6-7-18)16-14(10-15)8-12-4-5-13(9-14)17(12)2/h11-13,16,18H,3-10,15H2,1-2H3. The first-order valence-electron chi connectivity index (χ1n) is 7.44. The minimum Gasteiger partial charge on any atom is -0.396 e. The van der Waals surface area contributed by atoms with Crippen LogP contribution < -0.4 is 11.1 Å². The van der Waals surface area contributed by atoms with E-state index in [4.69, 9.17) is 10.8 Å². The van der Waals surface area contributed by atoms with Crippen LogP contribution in [-0.2, 0) is 0 Å². The third-order valence-corrected chi connectivity index (χ3v) is 5.11. The van der Waals surface area contributed by atoms with Gasteiger partial charge >= 0.3 is 0 Å². The normalized spacial score (nSPS) is 38.0. The molecule has 2 bridgehead atoms. The fourth-order valence-electron chi connectivity index (χ4n) is 3.88. The third-order valence-electron chi connectivity index (χ3n) is 5.11. The van der Waals surface area contributed by atoms with Gasteiger partial charge in [-0.25, -0.2) is 0 Å².